The average Bonchev–Trinajstić information content (AvgIpc) is 3.54. The van der Waals surface area contributed by atoms with E-state index in [-0.39, 0.29) is 11.7 Å². The minimum absolute atomic E-state index is 0.00841. The summed E-state index contributed by atoms with van der Waals surface area (Å²) in [4.78, 5) is 15.9. The molecular weight excluding hydrogens is 420 g/mol. The van der Waals surface area contributed by atoms with Crippen molar-refractivity contribution in [1.82, 2.24) is 19.7 Å². The maximum Gasteiger partial charge on any atom is 0.233 e. The molecule has 154 valence electrons. The van der Waals surface area contributed by atoms with Gasteiger partial charge in [-0.15, -0.1) is 21.5 Å². The predicted octanol–water partition coefficient (Wildman–Crippen LogP) is 4.25. The lowest BCUT2D eigenvalue weighted by molar-refractivity contribution is -0.129. The summed E-state index contributed by atoms with van der Waals surface area (Å²) in [6, 6.07) is 15.3. The summed E-state index contributed by atoms with van der Waals surface area (Å²) in [5.74, 6) is 1.79. The first-order chi connectivity index (χ1) is 14.7. The van der Waals surface area contributed by atoms with Gasteiger partial charge in [0.15, 0.2) is 5.16 Å². The number of methoxy groups -OCH3 is 1. The minimum Gasteiger partial charge on any atom is -0.497 e. The number of benzene rings is 1. The number of carbonyl (C=O) groups excluding carboxylic acids is 1. The molecule has 1 aromatic carbocycles. The maximum absolute atomic E-state index is 13.0. The van der Waals surface area contributed by atoms with Gasteiger partial charge in [0.2, 0.25) is 5.91 Å². The van der Waals surface area contributed by atoms with Crippen LogP contribution >= 0.6 is 23.1 Å². The Labute approximate surface area is 182 Å². The van der Waals surface area contributed by atoms with E-state index in [9.17, 15) is 4.79 Å². The Morgan fingerprint density at radius 3 is 2.77 bits per heavy atom. The van der Waals surface area contributed by atoms with Crippen LogP contribution in [0.3, 0.4) is 0 Å². The molecule has 3 heterocycles. The number of rotatable bonds is 9. The SMILES string of the molecule is COc1ccc(-n2cnnc2SCC(=O)N(Cc2ccco2)Cc2cccs2)cc1. The molecule has 0 radical (unpaired) electrons. The van der Waals surface area contributed by atoms with Crippen molar-refractivity contribution in [2.45, 2.75) is 18.2 Å². The van der Waals surface area contributed by atoms with Crippen molar-refractivity contribution in [3.8, 4) is 11.4 Å². The van der Waals surface area contributed by atoms with Crippen LogP contribution in [0.25, 0.3) is 5.69 Å². The summed E-state index contributed by atoms with van der Waals surface area (Å²) in [5, 5.41) is 10.8. The molecule has 3 aromatic heterocycles. The van der Waals surface area contributed by atoms with Gasteiger partial charge in [0.25, 0.3) is 0 Å². The third-order valence-corrected chi connectivity index (χ3v) is 6.19. The Hall–Kier alpha value is -3.04. The van der Waals surface area contributed by atoms with Crippen molar-refractivity contribution in [2.24, 2.45) is 0 Å². The number of nitrogens with zero attached hydrogens (tertiary/aromatic N) is 4. The highest BCUT2D eigenvalue weighted by molar-refractivity contribution is 7.99. The molecule has 0 atom stereocenters. The molecule has 4 rings (SSSR count). The summed E-state index contributed by atoms with van der Waals surface area (Å²) in [7, 11) is 1.63. The van der Waals surface area contributed by atoms with Gasteiger partial charge in [0.05, 0.1) is 32.2 Å². The summed E-state index contributed by atoms with van der Waals surface area (Å²) in [6.45, 7) is 0.971. The number of hydrogen-bond donors (Lipinski definition) is 0. The highest BCUT2D eigenvalue weighted by Crippen LogP contribution is 2.23. The van der Waals surface area contributed by atoms with E-state index in [1.807, 2.05) is 58.5 Å². The zero-order valence-corrected chi connectivity index (χ0v) is 17.9. The predicted molar refractivity (Wildman–Crippen MR) is 116 cm³/mol. The summed E-state index contributed by atoms with van der Waals surface area (Å²) in [6.07, 6.45) is 3.26. The van der Waals surface area contributed by atoms with E-state index >= 15 is 0 Å². The molecule has 0 saturated carbocycles. The molecule has 0 N–H and O–H groups in total. The quantitative estimate of drug-likeness (QED) is 0.362. The van der Waals surface area contributed by atoms with E-state index < -0.39 is 0 Å². The number of ether oxygens (including phenoxy) is 1. The zero-order valence-electron chi connectivity index (χ0n) is 16.3. The van der Waals surface area contributed by atoms with Crippen molar-refractivity contribution in [3.05, 3.63) is 77.1 Å². The second-order valence-electron chi connectivity index (χ2n) is 6.38. The molecule has 0 spiro atoms. The fraction of sp³-hybridized carbons (Fsp3) is 0.190. The molecule has 0 aliphatic carbocycles. The van der Waals surface area contributed by atoms with Crippen LogP contribution in [0.1, 0.15) is 10.6 Å². The normalized spacial score (nSPS) is 10.8. The first-order valence-corrected chi connectivity index (χ1v) is 11.1. The molecule has 30 heavy (non-hydrogen) atoms. The number of thiophene rings is 1. The minimum atomic E-state index is 0.00841. The number of hydrogen-bond acceptors (Lipinski definition) is 7. The van der Waals surface area contributed by atoms with Crippen molar-refractivity contribution in [2.75, 3.05) is 12.9 Å². The van der Waals surface area contributed by atoms with Gasteiger partial charge < -0.3 is 14.1 Å². The largest absolute Gasteiger partial charge is 0.497 e. The third-order valence-electron chi connectivity index (χ3n) is 4.40. The van der Waals surface area contributed by atoms with E-state index in [4.69, 9.17) is 9.15 Å². The average molecular weight is 441 g/mol. The van der Waals surface area contributed by atoms with Gasteiger partial charge in [-0.2, -0.15) is 0 Å². The molecule has 0 aliphatic rings. The monoisotopic (exact) mass is 440 g/mol. The van der Waals surface area contributed by atoms with E-state index in [1.54, 1.807) is 35.9 Å². The van der Waals surface area contributed by atoms with Gasteiger partial charge in [0.1, 0.15) is 17.8 Å². The van der Waals surface area contributed by atoms with E-state index in [1.165, 1.54) is 11.8 Å². The Kier molecular flexibility index (Phi) is 6.50. The van der Waals surface area contributed by atoms with Crippen molar-refractivity contribution < 1.29 is 13.9 Å². The Balaban J connectivity index is 1.44. The van der Waals surface area contributed by atoms with Gasteiger partial charge in [-0.05, 0) is 47.8 Å². The molecular formula is C21H20N4O3S2. The summed E-state index contributed by atoms with van der Waals surface area (Å²) >= 11 is 2.99. The number of carbonyl (C=O) groups is 1. The number of aromatic nitrogens is 3. The van der Waals surface area contributed by atoms with Gasteiger partial charge in [-0.1, -0.05) is 17.8 Å². The topological polar surface area (TPSA) is 73.4 Å². The van der Waals surface area contributed by atoms with E-state index in [2.05, 4.69) is 10.2 Å². The van der Waals surface area contributed by atoms with Crippen molar-refractivity contribution in [3.63, 3.8) is 0 Å². The molecule has 7 nitrogen and oxygen atoms in total. The Morgan fingerprint density at radius 2 is 2.07 bits per heavy atom. The standard InChI is InChI=1S/C21H20N4O3S2/c1-27-17-8-6-16(7-9-17)25-15-22-23-21(25)30-14-20(26)24(12-18-4-2-10-28-18)13-19-5-3-11-29-19/h2-11,15H,12-14H2,1H3. The van der Waals surface area contributed by atoms with Gasteiger partial charge >= 0.3 is 0 Å². The van der Waals surface area contributed by atoms with Crippen LogP contribution < -0.4 is 4.74 Å². The molecule has 0 aliphatic heterocycles. The zero-order chi connectivity index (χ0) is 20.8. The maximum atomic E-state index is 13.0. The van der Waals surface area contributed by atoms with Crippen LogP contribution in [-0.2, 0) is 17.9 Å². The first kappa shape index (κ1) is 20.2. The third kappa shape index (κ3) is 4.92. The second kappa shape index (κ2) is 9.64. The molecule has 1 amide bonds. The van der Waals surface area contributed by atoms with Crippen molar-refractivity contribution in [1.29, 1.82) is 0 Å². The summed E-state index contributed by atoms with van der Waals surface area (Å²) < 4.78 is 12.5. The summed E-state index contributed by atoms with van der Waals surface area (Å²) in [5.41, 5.74) is 0.904. The molecule has 0 fully saturated rings. The molecule has 0 bridgehead atoms. The lowest BCUT2D eigenvalue weighted by Crippen LogP contribution is -2.31. The Bertz CT molecular complexity index is 1020. The molecule has 4 aromatic rings. The lowest BCUT2D eigenvalue weighted by atomic mass is 10.3. The van der Waals surface area contributed by atoms with Crippen LogP contribution in [0.5, 0.6) is 5.75 Å². The van der Waals surface area contributed by atoms with Gasteiger partial charge in [-0.25, -0.2) is 0 Å². The highest BCUT2D eigenvalue weighted by Gasteiger charge is 2.18. The number of amides is 1. The van der Waals surface area contributed by atoms with Crippen LogP contribution in [-0.4, -0.2) is 38.4 Å². The molecule has 9 heteroatoms. The lowest BCUT2D eigenvalue weighted by Gasteiger charge is -2.21. The second-order valence-corrected chi connectivity index (χ2v) is 8.35. The highest BCUT2D eigenvalue weighted by atomic mass is 32.2. The number of furan rings is 1. The van der Waals surface area contributed by atoms with Crippen LogP contribution in [0.15, 0.2) is 76.1 Å². The number of thioether (sulfide) groups is 1. The van der Waals surface area contributed by atoms with Crippen LogP contribution in [0, 0.1) is 0 Å². The smallest absolute Gasteiger partial charge is 0.233 e. The van der Waals surface area contributed by atoms with Crippen molar-refractivity contribution >= 4 is 29.0 Å². The fourth-order valence-electron chi connectivity index (χ4n) is 2.87. The van der Waals surface area contributed by atoms with Gasteiger partial charge in [0, 0.05) is 10.6 Å². The Morgan fingerprint density at radius 1 is 1.20 bits per heavy atom. The first-order valence-electron chi connectivity index (χ1n) is 9.22. The fourth-order valence-corrected chi connectivity index (χ4v) is 4.42. The van der Waals surface area contributed by atoms with Crippen LogP contribution in [0.2, 0.25) is 0 Å². The van der Waals surface area contributed by atoms with E-state index in [0.29, 0.717) is 18.2 Å². The van der Waals surface area contributed by atoms with E-state index in [0.717, 1.165) is 22.1 Å². The molecule has 0 unspecified atom stereocenters. The molecule has 0 saturated heterocycles. The van der Waals surface area contributed by atoms with Crippen LogP contribution in [0.4, 0.5) is 0 Å². The van der Waals surface area contributed by atoms with Gasteiger partial charge in [-0.3, -0.25) is 9.36 Å².